The lowest BCUT2D eigenvalue weighted by Gasteiger charge is -2.04. The van der Waals surface area contributed by atoms with Crippen LogP contribution in [0.1, 0.15) is 104 Å². The van der Waals surface area contributed by atoms with E-state index in [1.807, 2.05) is 6.92 Å². The third-order valence-corrected chi connectivity index (χ3v) is 4.48. The van der Waals surface area contributed by atoms with Gasteiger partial charge in [0.1, 0.15) is 5.78 Å². The van der Waals surface area contributed by atoms with Crippen LogP contribution in [0.5, 0.6) is 0 Å². The number of carbonyl (C=O) groups is 1. The second-order valence-electron chi connectivity index (χ2n) is 6.07. The highest BCUT2D eigenvalue weighted by Gasteiger charge is 2.07. The fourth-order valence-electron chi connectivity index (χ4n) is 2.52. The Labute approximate surface area is 135 Å². The van der Waals surface area contributed by atoms with E-state index in [1.54, 1.807) is 0 Å². The van der Waals surface area contributed by atoms with Gasteiger partial charge in [0, 0.05) is 6.42 Å². The van der Waals surface area contributed by atoms with Gasteiger partial charge >= 0.3 is 0 Å². The zero-order valence-electron chi connectivity index (χ0n) is 13.8. The molecule has 0 aromatic carbocycles. The first kappa shape index (κ1) is 20.1. The van der Waals surface area contributed by atoms with Crippen molar-refractivity contribution in [3.05, 3.63) is 0 Å². The Bertz CT molecular complexity index is 213. The molecule has 2 heteroatoms. The van der Waals surface area contributed by atoms with Crippen molar-refractivity contribution in [3.63, 3.8) is 0 Å². The van der Waals surface area contributed by atoms with Crippen molar-refractivity contribution >= 4 is 21.7 Å². The van der Waals surface area contributed by atoms with Gasteiger partial charge in [-0.2, -0.15) is 0 Å². The number of carbonyl (C=O) groups excluding carboxylic acids is 1. The molecular formula is C18H35BrO. The van der Waals surface area contributed by atoms with Crippen molar-refractivity contribution in [2.75, 3.05) is 0 Å². The highest BCUT2D eigenvalue weighted by molar-refractivity contribution is 9.10. The molecule has 0 aliphatic rings. The summed E-state index contributed by atoms with van der Waals surface area (Å²) in [4.78, 5) is 11.4. The maximum absolute atomic E-state index is 11.4. The van der Waals surface area contributed by atoms with Gasteiger partial charge in [-0.3, -0.25) is 4.79 Å². The Kier molecular flexibility index (Phi) is 15.7. The average molecular weight is 347 g/mol. The number of hydrogen-bond acceptors (Lipinski definition) is 1. The third-order valence-electron chi connectivity index (χ3n) is 3.97. The lowest BCUT2D eigenvalue weighted by molar-refractivity contribution is -0.118. The fraction of sp³-hybridized carbons (Fsp3) is 0.944. The molecule has 120 valence electrons. The number of halogens is 1. The molecule has 0 heterocycles. The van der Waals surface area contributed by atoms with E-state index in [9.17, 15) is 4.79 Å². The predicted octanol–water partition coefficient (Wildman–Crippen LogP) is 6.82. The molecule has 0 saturated carbocycles. The molecule has 1 unspecified atom stereocenters. The van der Waals surface area contributed by atoms with E-state index < -0.39 is 0 Å². The SMILES string of the molecule is CCCCCCCCCCCCCCCC(=O)C(C)Br. The summed E-state index contributed by atoms with van der Waals surface area (Å²) in [5.74, 6) is 0.355. The van der Waals surface area contributed by atoms with E-state index in [0.29, 0.717) is 5.78 Å². The van der Waals surface area contributed by atoms with Gasteiger partial charge in [0.25, 0.3) is 0 Å². The Hall–Kier alpha value is 0.150. The minimum atomic E-state index is 0.0415. The van der Waals surface area contributed by atoms with E-state index in [4.69, 9.17) is 0 Å². The number of hydrogen-bond donors (Lipinski definition) is 0. The summed E-state index contributed by atoms with van der Waals surface area (Å²) < 4.78 is 0. The quantitative estimate of drug-likeness (QED) is 0.235. The molecule has 0 spiro atoms. The second kappa shape index (κ2) is 15.5. The van der Waals surface area contributed by atoms with Crippen molar-refractivity contribution in [2.24, 2.45) is 0 Å². The van der Waals surface area contributed by atoms with Crippen LogP contribution in [0.2, 0.25) is 0 Å². The third kappa shape index (κ3) is 14.6. The van der Waals surface area contributed by atoms with E-state index in [2.05, 4.69) is 22.9 Å². The van der Waals surface area contributed by atoms with Gasteiger partial charge < -0.3 is 0 Å². The normalized spacial score (nSPS) is 12.6. The van der Waals surface area contributed by atoms with E-state index in [1.165, 1.54) is 77.0 Å². The molecule has 0 aromatic heterocycles. The molecule has 1 atom stereocenters. The molecule has 0 radical (unpaired) electrons. The number of unbranched alkanes of at least 4 members (excludes halogenated alkanes) is 12. The van der Waals surface area contributed by atoms with Crippen molar-refractivity contribution in [1.29, 1.82) is 0 Å². The molecule has 0 bridgehead atoms. The van der Waals surface area contributed by atoms with Crippen molar-refractivity contribution in [1.82, 2.24) is 0 Å². The highest BCUT2D eigenvalue weighted by Crippen LogP contribution is 2.13. The minimum Gasteiger partial charge on any atom is -0.298 e. The lowest BCUT2D eigenvalue weighted by atomic mass is 10.0. The van der Waals surface area contributed by atoms with Crippen LogP contribution >= 0.6 is 15.9 Å². The van der Waals surface area contributed by atoms with Crippen LogP contribution in [-0.4, -0.2) is 10.6 Å². The number of alkyl halides is 1. The molecule has 0 amide bonds. The van der Waals surface area contributed by atoms with Crippen molar-refractivity contribution in [3.8, 4) is 0 Å². The van der Waals surface area contributed by atoms with Crippen LogP contribution in [0.25, 0.3) is 0 Å². The molecule has 0 N–H and O–H groups in total. The molecule has 0 aliphatic heterocycles. The van der Waals surface area contributed by atoms with E-state index in [0.717, 1.165) is 12.8 Å². The number of rotatable bonds is 15. The topological polar surface area (TPSA) is 17.1 Å². The summed E-state index contributed by atoms with van der Waals surface area (Å²) in [5.41, 5.74) is 0. The molecular weight excluding hydrogens is 312 g/mol. The van der Waals surface area contributed by atoms with Crippen LogP contribution in [-0.2, 0) is 4.79 Å². The van der Waals surface area contributed by atoms with Crippen LogP contribution in [0, 0.1) is 0 Å². The van der Waals surface area contributed by atoms with E-state index in [-0.39, 0.29) is 4.83 Å². The highest BCUT2D eigenvalue weighted by atomic mass is 79.9. The first-order chi connectivity index (χ1) is 9.68. The zero-order valence-corrected chi connectivity index (χ0v) is 15.3. The predicted molar refractivity (Wildman–Crippen MR) is 93.7 cm³/mol. The van der Waals surface area contributed by atoms with Crippen molar-refractivity contribution < 1.29 is 4.79 Å². The summed E-state index contributed by atoms with van der Waals surface area (Å²) in [5, 5.41) is 0. The largest absolute Gasteiger partial charge is 0.298 e. The fourth-order valence-corrected chi connectivity index (χ4v) is 2.74. The van der Waals surface area contributed by atoms with Crippen molar-refractivity contribution in [2.45, 2.75) is 109 Å². The Morgan fingerprint density at radius 1 is 0.750 bits per heavy atom. The zero-order chi connectivity index (χ0) is 15.1. The van der Waals surface area contributed by atoms with Crippen LogP contribution in [0.15, 0.2) is 0 Å². The summed E-state index contributed by atoms with van der Waals surface area (Å²) in [6.45, 7) is 4.20. The van der Waals surface area contributed by atoms with Gasteiger partial charge in [-0.15, -0.1) is 0 Å². The number of ketones is 1. The van der Waals surface area contributed by atoms with Gasteiger partial charge in [0.15, 0.2) is 0 Å². The van der Waals surface area contributed by atoms with Crippen LogP contribution < -0.4 is 0 Å². The van der Waals surface area contributed by atoms with Crippen LogP contribution in [0.4, 0.5) is 0 Å². The molecule has 0 fully saturated rings. The average Bonchev–Trinajstić information content (AvgIpc) is 2.43. The molecule has 0 aliphatic carbocycles. The molecule has 1 nitrogen and oxygen atoms in total. The summed E-state index contributed by atoms with van der Waals surface area (Å²) in [7, 11) is 0. The second-order valence-corrected chi connectivity index (χ2v) is 7.45. The van der Waals surface area contributed by atoms with Gasteiger partial charge in [0.05, 0.1) is 4.83 Å². The first-order valence-corrected chi connectivity index (χ1v) is 9.76. The summed E-state index contributed by atoms with van der Waals surface area (Å²) in [6.07, 6.45) is 18.4. The first-order valence-electron chi connectivity index (χ1n) is 8.85. The van der Waals surface area contributed by atoms with Gasteiger partial charge in [0.2, 0.25) is 0 Å². The molecule has 0 rings (SSSR count). The van der Waals surface area contributed by atoms with Crippen LogP contribution in [0.3, 0.4) is 0 Å². The van der Waals surface area contributed by atoms with E-state index >= 15 is 0 Å². The Morgan fingerprint density at radius 2 is 1.10 bits per heavy atom. The Morgan fingerprint density at radius 3 is 1.45 bits per heavy atom. The maximum Gasteiger partial charge on any atom is 0.146 e. The minimum absolute atomic E-state index is 0.0415. The monoisotopic (exact) mass is 346 g/mol. The lowest BCUT2D eigenvalue weighted by Crippen LogP contribution is -2.08. The Balaban J connectivity index is 3.04. The molecule has 0 aromatic rings. The van der Waals surface area contributed by atoms with Gasteiger partial charge in [-0.1, -0.05) is 99.9 Å². The summed E-state index contributed by atoms with van der Waals surface area (Å²) in [6, 6.07) is 0. The standard InChI is InChI=1S/C18H35BrO/c1-3-4-5-6-7-8-9-10-11-12-13-14-15-16-18(20)17(2)19/h17H,3-16H2,1-2H3. The van der Waals surface area contributed by atoms with Gasteiger partial charge in [-0.05, 0) is 13.3 Å². The smallest absolute Gasteiger partial charge is 0.146 e. The maximum atomic E-state index is 11.4. The molecule has 0 saturated heterocycles. The molecule has 20 heavy (non-hydrogen) atoms. The number of Topliss-reactive ketones (excluding diaryl/α,β-unsaturated/α-hetero) is 1. The summed E-state index contributed by atoms with van der Waals surface area (Å²) >= 11 is 3.33. The van der Waals surface area contributed by atoms with Gasteiger partial charge in [-0.25, -0.2) is 0 Å².